The molecule has 2 heterocycles. The van der Waals surface area contributed by atoms with Crippen molar-refractivity contribution in [2.45, 2.75) is 32.6 Å². The van der Waals surface area contributed by atoms with Gasteiger partial charge >= 0.3 is 0 Å². The predicted octanol–water partition coefficient (Wildman–Crippen LogP) is 2.68. The Hall–Kier alpha value is -3.14. The number of nitrogens with one attached hydrogen (secondary N) is 1. The van der Waals surface area contributed by atoms with Gasteiger partial charge in [-0.15, -0.1) is 5.10 Å². The van der Waals surface area contributed by atoms with E-state index >= 15 is 0 Å². The van der Waals surface area contributed by atoms with E-state index in [4.69, 9.17) is 15.2 Å². The zero-order valence-corrected chi connectivity index (χ0v) is 14.2. The number of H-pyrrole nitrogens is 1. The van der Waals surface area contributed by atoms with E-state index in [1.165, 1.54) is 0 Å². The number of phenolic OH excluding ortho intramolecular Hbond substituents is 1. The van der Waals surface area contributed by atoms with Gasteiger partial charge in [0.25, 0.3) is 0 Å². The lowest BCUT2D eigenvalue weighted by molar-refractivity contribution is 0.331. The van der Waals surface area contributed by atoms with Gasteiger partial charge < -0.3 is 20.3 Å². The fraction of sp³-hybridized carbons (Fsp3) is 0.333. The van der Waals surface area contributed by atoms with Gasteiger partial charge in [0.15, 0.2) is 0 Å². The molecule has 130 valence electrons. The zero-order chi connectivity index (χ0) is 18.0. The molecule has 0 bridgehead atoms. The van der Waals surface area contributed by atoms with E-state index in [0.29, 0.717) is 23.8 Å². The van der Waals surface area contributed by atoms with Gasteiger partial charge in [-0.2, -0.15) is 5.26 Å². The first kappa shape index (κ1) is 16.7. The van der Waals surface area contributed by atoms with Crippen LogP contribution in [0.5, 0.6) is 17.4 Å². The number of nitrogens with zero attached hydrogens (tertiary/aromatic N) is 2. The van der Waals surface area contributed by atoms with Crippen LogP contribution in [0.25, 0.3) is 0 Å². The van der Waals surface area contributed by atoms with Crippen molar-refractivity contribution in [3.8, 4) is 23.4 Å². The molecule has 7 heteroatoms. The van der Waals surface area contributed by atoms with Crippen molar-refractivity contribution in [2.24, 2.45) is 5.73 Å². The average molecular weight is 340 g/mol. The first-order valence-electron chi connectivity index (χ1n) is 8.21. The SMILES string of the molecule is CCCc1[nH]nc2c1[C@@H](c1ccc(O)cc1OCC)C(C#N)=C(N)O2. The van der Waals surface area contributed by atoms with E-state index in [1.807, 2.05) is 6.92 Å². The molecule has 0 aliphatic carbocycles. The Balaban J connectivity index is 2.23. The molecule has 0 fully saturated rings. The maximum Gasteiger partial charge on any atom is 0.244 e. The van der Waals surface area contributed by atoms with E-state index in [9.17, 15) is 10.4 Å². The number of aryl methyl sites for hydroxylation is 1. The highest BCUT2D eigenvalue weighted by atomic mass is 16.5. The van der Waals surface area contributed by atoms with Crippen LogP contribution in [0.15, 0.2) is 29.7 Å². The largest absolute Gasteiger partial charge is 0.508 e. The molecule has 1 aliphatic heterocycles. The van der Waals surface area contributed by atoms with Gasteiger partial charge in [-0.1, -0.05) is 19.4 Å². The van der Waals surface area contributed by atoms with Crippen LogP contribution in [0.4, 0.5) is 0 Å². The Labute approximate surface area is 145 Å². The fourth-order valence-corrected chi connectivity index (χ4v) is 3.10. The standard InChI is InChI=1S/C18H20N4O3/c1-3-5-13-16-15(11-7-6-10(23)8-14(11)24-4-2)12(9-19)17(20)25-18(16)22-21-13/h6-8,15,23H,3-5,20H2,1-2H3,(H,21,22)/t15-/m0/s1. The Kier molecular flexibility index (Phi) is 4.52. The van der Waals surface area contributed by atoms with Crippen LogP contribution in [0, 0.1) is 11.3 Å². The van der Waals surface area contributed by atoms with Gasteiger partial charge in [0, 0.05) is 17.3 Å². The highest BCUT2D eigenvalue weighted by molar-refractivity contribution is 5.59. The molecule has 0 spiro atoms. The summed E-state index contributed by atoms with van der Waals surface area (Å²) in [4.78, 5) is 0. The van der Waals surface area contributed by atoms with Crippen LogP contribution in [0.3, 0.4) is 0 Å². The number of fused-ring (bicyclic) bond motifs is 1. The van der Waals surface area contributed by atoms with Crippen molar-refractivity contribution < 1.29 is 14.6 Å². The third-order valence-electron chi connectivity index (χ3n) is 4.13. The molecule has 25 heavy (non-hydrogen) atoms. The number of aromatic nitrogens is 2. The van der Waals surface area contributed by atoms with Crippen LogP contribution in [0.1, 0.15) is 43.0 Å². The first-order chi connectivity index (χ1) is 12.1. The molecule has 2 aromatic rings. The van der Waals surface area contributed by atoms with Gasteiger partial charge in [0.2, 0.25) is 11.8 Å². The van der Waals surface area contributed by atoms with Crippen molar-refractivity contribution in [3.05, 3.63) is 46.5 Å². The lowest BCUT2D eigenvalue weighted by atomic mass is 9.83. The summed E-state index contributed by atoms with van der Waals surface area (Å²) < 4.78 is 11.2. The van der Waals surface area contributed by atoms with Crippen molar-refractivity contribution >= 4 is 0 Å². The second-order valence-electron chi connectivity index (χ2n) is 5.75. The molecular formula is C18H20N4O3. The van der Waals surface area contributed by atoms with Gasteiger partial charge in [0.1, 0.15) is 23.1 Å². The van der Waals surface area contributed by atoms with Gasteiger partial charge in [-0.25, -0.2) is 0 Å². The molecule has 4 N–H and O–H groups in total. The molecule has 0 saturated carbocycles. The second kappa shape index (κ2) is 6.77. The fourth-order valence-electron chi connectivity index (χ4n) is 3.10. The number of nitriles is 1. The molecule has 0 radical (unpaired) electrons. The monoisotopic (exact) mass is 340 g/mol. The van der Waals surface area contributed by atoms with E-state index < -0.39 is 5.92 Å². The smallest absolute Gasteiger partial charge is 0.244 e. The Morgan fingerprint density at radius 2 is 2.24 bits per heavy atom. The summed E-state index contributed by atoms with van der Waals surface area (Å²) in [5.74, 6) is 0.544. The van der Waals surface area contributed by atoms with Crippen molar-refractivity contribution in [2.75, 3.05) is 6.61 Å². The second-order valence-corrected chi connectivity index (χ2v) is 5.75. The predicted molar refractivity (Wildman–Crippen MR) is 91.2 cm³/mol. The Bertz CT molecular complexity index is 864. The van der Waals surface area contributed by atoms with Crippen molar-refractivity contribution in [1.29, 1.82) is 5.26 Å². The van der Waals surface area contributed by atoms with Gasteiger partial charge in [0.05, 0.1) is 18.1 Å². The number of ether oxygens (including phenoxy) is 2. The number of phenols is 1. The van der Waals surface area contributed by atoms with E-state index in [2.05, 4.69) is 23.2 Å². The molecule has 0 saturated heterocycles. The average Bonchev–Trinajstić information content (AvgIpc) is 2.97. The third kappa shape index (κ3) is 2.87. The highest BCUT2D eigenvalue weighted by Gasteiger charge is 2.36. The highest BCUT2D eigenvalue weighted by Crippen LogP contribution is 2.46. The summed E-state index contributed by atoms with van der Waals surface area (Å²) in [6.07, 6.45) is 1.68. The quantitative estimate of drug-likeness (QED) is 0.770. The van der Waals surface area contributed by atoms with Crippen LogP contribution in [-0.2, 0) is 6.42 Å². The van der Waals surface area contributed by atoms with E-state index in [0.717, 1.165) is 29.7 Å². The molecule has 0 unspecified atom stereocenters. The minimum absolute atomic E-state index is 0.0325. The number of aromatic hydroxyl groups is 1. The van der Waals surface area contributed by atoms with Crippen molar-refractivity contribution in [3.63, 3.8) is 0 Å². The van der Waals surface area contributed by atoms with E-state index in [1.54, 1.807) is 18.2 Å². The number of nitrogens with two attached hydrogens (primary N) is 1. The van der Waals surface area contributed by atoms with Crippen LogP contribution in [-0.4, -0.2) is 21.9 Å². The summed E-state index contributed by atoms with van der Waals surface area (Å²) in [5, 5.41) is 26.7. The molecule has 1 aliphatic rings. The Morgan fingerprint density at radius 1 is 1.44 bits per heavy atom. The summed E-state index contributed by atoms with van der Waals surface area (Å²) in [6, 6.07) is 7.01. The topological polar surface area (TPSA) is 117 Å². The molecule has 1 atom stereocenters. The van der Waals surface area contributed by atoms with Crippen molar-refractivity contribution in [1.82, 2.24) is 10.2 Å². The zero-order valence-electron chi connectivity index (χ0n) is 14.2. The van der Waals surface area contributed by atoms with Gasteiger partial charge in [-0.05, 0) is 19.4 Å². The number of benzene rings is 1. The number of hydrogen-bond donors (Lipinski definition) is 3. The minimum atomic E-state index is -0.462. The molecular weight excluding hydrogens is 320 g/mol. The lowest BCUT2D eigenvalue weighted by Gasteiger charge is -2.25. The minimum Gasteiger partial charge on any atom is -0.508 e. The summed E-state index contributed by atoms with van der Waals surface area (Å²) in [7, 11) is 0. The van der Waals surface area contributed by atoms with Crippen LogP contribution >= 0.6 is 0 Å². The molecule has 1 aromatic carbocycles. The number of allylic oxidation sites excluding steroid dienone is 1. The molecule has 3 rings (SSSR count). The number of hydrogen-bond acceptors (Lipinski definition) is 6. The van der Waals surface area contributed by atoms with Gasteiger partial charge in [-0.3, -0.25) is 5.10 Å². The molecule has 0 amide bonds. The van der Waals surface area contributed by atoms with Crippen LogP contribution < -0.4 is 15.2 Å². The number of rotatable bonds is 5. The maximum atomic E-state index is 9.81. The summed E-state index contributed by atoms with van der Waals surface area (Å²) in [5.41, 5.74) is 8.69. The normalized spacial score (nSPS) is 16.1. The maximum absolute atomic E-state index is 9.81. The first-order valence-corrected chi connectivity index (χ1v) is 8.21. The molecule has 1 aromatic heterocycles. The molecule has 7 nitrogen and oxygen atoms in total. The van der Waals surface area contributed by atoms with Crippen LogP contribution in [0.2, 0.25) is 0 Å². The number of aromatic amines is 1. The lowest BCUT2D eigenvalue weighted by Crippen LogP contribution is -2.21. The summed E-state index contributed by atoms with van der Waals surface area (Å²) >= 11 is 0. The van der Waals surface area contributed by atoms with E-state index in [-0.39, 0.29) is 11.6 Å². The third-order valence-corrected chi connectivity index (χ3v) is 4.13. The summed E-state index contributed by atoms with van der Waals surface area (Å²) in [6.45, 7) is 4.35. The Morgan fingerprint density at radius 3 is 2.92 bits per heavy atom.